The van der Waals surface area contributed by atoms with Gasteiger partial charge in [0.15, 0.2) is 0 Å². The number of nitrogens with one attached hydrogen (secondary N) is 3. The van der Waals surface area contributed by atoms with E-state index >= 15 is 0 Å². The molecule has 15 nitrogen and oxygen atoms in total. The van der Waals surface area contributed by atoms with Crippen LogP contribution in [-0.2, 0) is 20.8 Å². The second-order valence-electron chi connectivity index (χ2n) is 11.2. The molecule has 3 amide bonds. The zero-order chi connectivity index (χ0) is 32.9. The predicted molar refractivity (Wildman–Crippen MR) is 166 cm³/mol. The minimum Gasteiger partial charge on any atom is -0.481 e. The first kappa shape index (κ1) is 34.5. The normalized spacial score (nSPS) is 12.3. The summed E-state index contributed by atoms with van der Waals surface area (Å²) in [6.45, 7) is 9.55. The summed E-state index contributed by atoms with van der Waals surface area (Å²) in [5.41, 5.74) is 0.919. The monoisotopic (exact) mass is 623 g/mol. The molecule has 0 aromatic carbocycles. The van der Waals surface area contributed by atoms with E-state index in [0.29, 0.717) is 23.7 Å². The van der Waals surface area contributed by atoms with Crippen molar-refractivity contribution in [3.63, 3.8) is 0 Å². The van der Waals surface area contributed by atoms with Gasteiger partial charge in [-0.05, 0) is 24.2 Å². The van der Waals surface area contributed by atoms with Gasteiger partial charge in [-0.3, -0.25) is 25.0 Å². The zero-order valence-corrected chi connectivity index (χ0v) is 26.7. The van der Waals surface area contributed by atoms with Crippen molar-refractivity contribution in [2.45, 2.75) is 53.9 Å². The number of hydrogen-bond donors (Lipinski definition) is 3. The highest BCUT2D eigenvalue weighted by atomic mass is 16.5. The van der Waals surface area contributed by atoms with Crippen LogP contribution < -0.4 is 30.2 Å². The second-order valence-corrected chi connectivity index (χ2v) is 11.2. The van der Waals surface area contributed by atoms with Gasteiger partial charge in [-0.2, -0.15) is 15.0 Å². The van der Waals surface area contributed by atoms with Crippen LogP contribution >= 0.6 is 0 Å². The summed E-state index contributed by atoms with van der Waals surface area (Å²) in [5, 5.41) is 8.21. The Balaban J connectivity index is 1.74. The van der Waals surface area contributed by atoms with E-state index in [0.717, 1.165) is 0 Å². The molecule has 0 bridgehead atoms. The molecule has 0 aliphatic heterocycles. The summed E-state index contributed by atoms with van der Waals surface area (Å²) >= 11 is 0. The van der Waals surface area contributed by atoms with Gasteiger partial charge in [-0.15, -0.1) is 0 Å². The lowest BCUT2D eigenvalue weighted by Gasteiger charge is -2.20. The first-order valence-electron chi connectivity index (χ1n) is 14.6. The first-order chi connectivity index (χ1) is 21.5. The molecule has 2 atom stereocenters. The minimum absolute atomic E-state index is 0.0117. The van der Waals surface area contributed by atoms with E-state index in [4.69, 9.17) is 14.2 Å². The summed E-state index contributed by atoms with van der Waals surface area (Å²) in [5.74, 6) is -0.588. The van der Waals surface area contributed by atoms with Gasteiger partial charge in [-0.25, -0.2) is 15.0 Å². The molecule has 1 unspecified atom stereocenters. The van der Waals surface area contributed by atoms with Crippen LogP contribution in [0.5, 0.6) is 17.6 Å². The maximum atomic E-state index is 13.1. The van der Waals surface area contributed by atoms with E-state index in [9.17, 15) is 14.4 Å². The molecule has 45 heavy (non-hydrogen) atoms. The van der Waals surface area contributed by atoms with Crippen LogP contribution in [0, 0.1) is 23.7 Å². The van der Waals surface area contributed by atoms with Gasteiger partial charge in [0.2, 0.25) is 47.3 Å². The van der Waals surface area contributed by atoms with Crippen LogP contribution in [0.4, 0.5) is 17.6 Å². The largest absolute Gasteiger partial charge is 0.481 e. The van der Waals surface area contributed by atoms with E-state index in [1.165, 1.54) is 32.9 Å². The molecule has 3 heterocycles. The van der Waals surface area contributed by atoms with Gasteiger partial charge < -0.3 is 19.5 Å². The number of methoxy groups -OCH3 is 2. The van der Waals surface area contributed by atoms with Crippen molar-refractivity contribution in [2.75, 3.05) is 36.8 Å². The summed E-state index contributed by atoms with van der Waals surface area (Å²) in [7, 11) is 2.93. The first-order valence-corrected chi connectivity index (χ1v) is 14.6. The fourth-order valence-electron chi connectivity index (χ4n) is 4.23. The Morgan fingerprint density at radius 1 is 0.844 bits per heavy atom. The highest BCUT2D eigenvalue weighted by Crippen LogP contribution is 2.23. The van der Waals surface area contributed by atoms with E-state index < -0.39 is 5.92 Å². The van der Waals surface area contributed by atoms with Crippen molar-refractivity contribution in [1.29, 1.82) is 0 Å². The molecule has 15 heteroatoms. The van der Waals surface area contributed by atoms with Gasteiger partial charge in [0.05, 0.1) is 32.0 Å². The molecule has 3 N–H and O–H groups in total. The van der Waals surface area contributed by atoms with Crippen molar-refractivity contribution in [3.05, 3.63) is 36.5 Å². The average molecular weight is 624 g/mol. The minimum atomic E-state index is -0.584. The molecule has 3 rings (SSSR count). The number of anilines is 3. The Hall–Kier alpha value is -4.95. The van der Waals surface area contributed by atoms with Crippen LogP contribution in [0.25, 0.3) is 0 Å². The van der Waals surface area contributed by atoms with E-state index in [1.807, 2.05) is 34.6 Å². The summed E-state index contributed by atoms with van der Waals surface area (Å²) in [4.78, 5) is 63.4. The molecule has 3 aromatic heterocycles. The lowest BCUT2D eigenvalue weighted by atomic mass is 9.96. The Labute approximate surface area is 262 Å². The Morgan fingerprint density at radius 3 is 2.27 bits per heavy atom. The fraction of sp³-hybridized carbons (Fsp3) is 0.500. The topological polar surface area (TPSA) is 192 Å². The van der Waals surface area contributed by atoms with Crippen molar-refractivity contribution in [2.24, 2.45) is 23.7 Å². The molecule has 242 valence electrons. The van der Waals surface area contributed by atoms with Gasteiger partial charge >= 0.3 is 0 Å². The van der Waals surface area contributed by atoms with Gasteiger partial charge in [-0.1, -0.05) is 34.6 Å². The molecule has 0 aliphatic rings. The van der Waals surface area contributed by atoms with Crippen LogP contribution in [-0.4, -0.2) is 68.5 Å². The molecule has 0 saturated carbocycles. The SMILES string of the molecule is COc1ccnc(NC(=O)C(COc2cc(C[C@H](C)CC(=O)Nc3cncnc3OC)nc(NC(=O)CC(C)C)n2)C(C)C)n1. The van der Waals surface area contributed by atoms with Gasteiger partial charge in [0.25, 0.3) is 0 Å². The third-order valence-electron chi connectivity index (χ3n) is 6.46. The number of amides is 3. The average Bonchev–Trinajstić information content (AvgIpc) is 2.96. The lowest BCUT2D eigenvalue weighted by Crippen LogP contribution is -2.32. The summed E-state index contributed by atoms with van der Waals surface area (Å²) in [6.07, 6.45) is 5.10. The number of aromatic nitrogens is 6. The maximum Gasteiger partial charge on any atom is 0.240 e. The van der Waals surface area contributed by atoms with Crippen molar-refractivity contribution < 1.29 is 28.6 Å². The Kier molecular flexibility index (Phi) is 12.9. The number of ether oxygens (including phenoxy) is 3. The van der Waals surface area contributed by atoms with Gasteiger partial charge in [0, 0.05) is 31.2 Å². The van der Waals surface area contributed by atoms with E-state index in [-0.39, 0.29) is 78.6 Å². The van der Waals surface area contributed by atoms with Crippen molar-refractivity contribution in [1.82, 2.24) is 29.9 Å². The van der Waals surface area contributed by atoms with E-state index in [1.54, 1.807) is 12.1 Å². The molecule has 3 aromatic rings. The van der Waals surface area contributed by atoms with Crippen LogP contribution in [0.1, 0.15) is 53.2 Å². The maximum absolute atomic E-state index is 13.1. The van der Waals surface area contributed by atoms with Crippen molar-refractivity contribution in [3.8, 4) is 17.6 Å². The number of hydrogen-bond acceptors (Lipinski definition) is 12. The Morgan fingerprint density at radius 2 is 1.58 bits per heavy atom. The smallest absolute Gasteiger partial charge is 0.240 e. The zero-order valence-electron chi connectivity index (χ0n) is 26.7. The molecule has 0 saturated heterocycles. The third-order valence-corrected chi connectivity index (χ3v) is 6.46. The molecular weight excluding hydrogens is 582 g/mol. The number of nitrogens with zero attached hydrogens (tertiary/aromatic N) is 6. The fourth-order valence-corrected chi connectivity index (χ4v) is 4.23. The molecule has 0 radical (unpaired) electrons. The molecule has 0 aliphatic carbocycles. The number of rotatable bonds is 16. The summed E-state index contributed by atoms with van der Waals surface area (Å²) < 4.78 is 16.3. The third kappa shape index (κ3) is 11.2. The Bertz CT molecular complexity index is 1450. The summed E-state index contributed by atoms with van der Waals surface area (Å²) in [6, 6.07) is 3.21. The predicted octanol–water partition coefficient (Wildman–Crippen LogP) is 3.56. The van der Waals surface area contributed by atoms with Crippen LogP contribution in [0.2, 0.25) is 0 Å². The number of carbonyl (C=O) groups excluding carboxylic acids is 3. The highest BCUT2D eigenvalue weighted by molar-refractivity contribution is 5.92. The second kappa shape index (κ2) is 16.8. The standard InChI is InChI=1S/C30H41N9O6/c1-17(2)10-23(40)36-30-34-20(11-19(5)12-24(41)35-22-14-31-16-33-28(22)44-7)13-26(38-30)45-15-21(18(3)4)27(42)39-29-32-9-8-25(37-29)43-6/h8-9,13-14,16-19,21H,10-12,15H2,1-7H3,(H,35,41)(H,32,37,39,42)(H,34,36,38,40)/t19-,21?/m0/s1. The lowest BCUT2D eigenvalue weighted by molar-refractivity contribution is -0.122. The van der Waals surface area contributed by atoms with E-state index in [2.05, 4.69) is 45.9 Å². The molecule has 0 fully saturated rings. The quantitative estimate of drug-likeness (QED) is 0.210. The molecule has 0 spiro atoms. The van der Waals surface area contributed by atoms with Crippen LogP contribution in [0.15, 0.2) is 30.9 Å². The van der Waals surface area contributed by atoms with Crippen molar-refractivity contribution >= 4 is 35.3 Å². The highest BCUT2D eigenvalue weighted by Gasteiger charge is 2.25. The van der Waals surface area contributed by atoms with Crippen LogP contribution in [0.3, 0.4) is 0 Å². The number of carbonyl (C=O) groups is 3. The van der Waals surface area contributed by atoms with Gasteiger partial charge in [0.1, 0.15) is 18.6 Å². The molecular formula is C30H41N9O6.